The van der Waals surface area contributed by atoms with E-state index in [1.54, 1.807) is 12.1 Å². The standard InChI is InChI=1S/C27H27Cl3N4O/c28-20-10-8-18(9-11-20)16-19-6-2-3-7-22-25(27(35)32-33-14-4-1-5-15-33)31-34(26(19)22)24-13-12-21(29)17-23(24)30/h8-13,16-17H,1-7,14-15H2,(H,32,35). The molecule has 35 heavy (non-hydrogen) atoms. The first-order chi connectivity index (χ1) is 17.0. The molecule has 0 unspecified atom stereocenters. The highest BCUT2D eigenvalue weighted by Crippen LogP contribution is 2.37. The van der Waals surface area contributed by atoms with E-state index in [1.165, 1.54) is 6.42 Å². The second-order valence-corrected chi connectivity index (χ2v) is 10.4. The number of halogens is 3. The number of carbonyl (C=O) groups is 1. The summed E-state index contributed by atoms with van der Waals surface area (Å²) in [6, 6.07) is 13.1. The lowest BCUT2D eigenvalue weighted by molar-refractivity contribution is 0.0743. The second kappa shape index (κ2) is 10.8. The highest BCUT2D eigenvalue weighted by atomic mass is 35.5. The molecule has 2 aliphatic rings. The van der Waals surface area contributed by atoms with Crippen molar-refractivity contribution in [1.82, 2.24) is 20.2 Å². The number of hydrogen-bond acceptors (Lipinski definition) is 3. The lowest BCUT2D eigenvalue weighted by atomic mass is 10.0. The summed E-state index contributed by atoms with van der Waals surface area (Å²) in [5, 5.41) is 8.60. The fraction of sp³-hybridized carbons (Fsp3) is 0.333. The minimum atomic E-state index is -0.167. The van der Waals surface area contributed by atoms with Crippen molar-refractivity contribution in [1.29, 1.82) is 0 Å². The Bertz CT molecular complexity index is 1260. The van der Waals surface area contributed by atoms with Gasteiger partial charge in [0.25, 0.3) is 5.91 Å². The maximum Gasteiger partial charge on any atom is 0.286 e. The Labute approximate surface area is 220 Å². The average Bonchev–Trinajstić information content (AvgIpc) is 3.10. The second-order valence-electron chi connectivity index (χ2n) is 9.10. The molecule has 1 saturated heterocycles. The molecule has 1 amide bonds. The zero-order valence-electron chi connectivity index (χ0n) is 19.4. The number of benzene rings is 2. The van der Waals surface area contributed by atoms with Crippen LogP contribution in [0.1, 0.15) is 65.8 Å². The topological polar surface area (TPSA) is 50.2 Å². The largest absolute Gasteiger partial charge is 0.286 e. The smallest absolute Gasteiger partial charge is 0.283 e. The van der Waals surface area contributed by atoms with Crippen molar-refractivity contribution in [3.63, 3.8) is 0 Å². The van der Waals surface area contributed by atoms with E-state index >= 15 is 0 Å². The van der Waals surface area contributed by atoms with E-state index in [-0.39, 0.29) is 5.91 Å². The molecule has 1 aliphatic heterocycles. The first-order valence-corrected chi connectivity index (χ1v) is 13.2. The molecule has 1 fully saturated rings. The molecule has 1 aromatic heterocycles. The minimum absolute atomic E-state index is 0.167. The maximum atomic E-state index is 13.5. The summed E-state index contributed by atoms with van der Waals surface area (Å²) in [6.07, 6.45) is 9.19. The Balaban J connectivity index is 1.64. The van der Waals surface area contributed by atoms with Crippen LogP contribution in [0.4, 0.5) is 0 Å². The fourth-order valence-electron chi connectivity index (χ4n) is 4.87. The number of aromatic nitrogens is 2. The molecular formula is C27H27Cl3N4O. The maximum absolute atomic E-state index is 13.5. The molecule has 0 radical (unpaired) electrons. The number of nitrogens with zero attached hydrogens (tertiary/aromatic N) is 3. The summed E-state index contributed by atoms with van der Waals surface area (Å²) in [5.41, 5.74) is 8.32. The van der Waals surface area contributed by atoms with Gasteiger partial charge in [-0.3, -0.25) is 10.2 Å². The molecule has 0 saturated carbocycles. The van der Waals surface area contributed by atoms with Crippen molar-refractivity contribution in [2.75, 3.05) is 13.1 Å². The van der Waals surface area contributed by atoms with Crippen molar-refractivity contribution < 1.29 is 4.79 Å². The number of piperidine rings is 1. The van der Waals surface area contributed by atoms with Gasteiger partial charge in [0.05, 0.1) is 16.4 Å². The van der Waals surface area contributed by atoms with E-state index in [2.05, 4.69) is 11.5 Å². The molecular weight excluding hydrogens is 503 g/mol. The number of nitrogens with one attached hydrogen (secondary N) is 1. The summed E-state index contributed by atoms with van der Waals surface area (Å²) in [4.78, 5) is 13.5. The van der Waals surface area contributed by atoms with Gasteiger partial charge < -0.3 is 0 Å². The van der Waals surface area contributed by atoms with Crippen LogP contribution in [0.5, 0.6) is 0 Å². The van der Waals surface area contributed by atoms with E-state index in [0.29, 0.717) is 26.4 Å². The highest BCUT2D eigenvalue weighted by Gasteiger charge is 2.29. The SMILES string of the molecule is O=C(NN1CCCCC1)c1nn(-c2ccc(Cl)cc2Cl)c2c1CCCCC2=Cc1ccc(Cl)cc1. The highest BCUT2D eigenvalue weighted by molar-refractivity contribution is 6.35. The summed E-state index contributed by atoms with van der Waals surface area (Å²) >= 11 is 18.9. The van der Waals surface area contributed by atoms with Crippen LogP contribution in [-0.2, 0) is 6.42 Å². The molecule has 2 heterocycles. The van der Waals surface area contributed by atoms with E-state index < -0.39 is 0 Å². The molecule has 5 rings (SSSR count). The van der Waals surface area contributed by atoms with Gasteiger partial charge in [-0.2, -0.15) is 5.10 Å². The van der Waals surface area contributed by atoms with Crippen LogP contribution in [-0.4, -0.2) is 33.8 Å². The molecule has 0 bridgehead atoms. The van der Waals surface area contributed by atoms with Gasteiger partial charge in [-0.05, 0) is 86.1 Å². The van der Waals surface area contributed by atoms with E-state index in [0.717, 1.165) is 74.0 Å². The Hall–Kier alpha value is -2.31. The van der Waals surface area contributed by atoms with Crippen LogP contribution in [0.3, 0.4) is 0 Å². The summed E-state index contributed by atoms with van der Waals surface area (Å²) in [7, 11) is 0. The van der Waals surface area contributed by atoms with Gasteiger partial charge in [0, 0.05) is 28.7 Å². The van der Waals surface area contributed by atoms with Gasteiger partial charge in [0.15, 0.2) is 5.69 Å². The number of hydrazine groups is 1. The average molecular weight is 530 g/mol. The van der Waals surface area contributed by atoms with Crippen LogP contribution in [0, 0.1) is 0 Å². The number of fused-ring (bicyclic) bond motifs is 1. The van der Waals surface area contributed by atoms with E-state index in [9.17, 15) is 4.79 Å². The minimum Gasteiger partial charge on any atom is -0.283 e. The number of hydrogen-bond donors (Lipinski definition) is 1. The first kappa shape index (κ1) is 24.4. The zero-order valence-corrected chi connectivity index (χ0v) is 21.6. The van der Waals surface area contributed by atoms with Crippen LogP contribution in [0.25, 0.3) is 17.3 Å². The Kier molecular flexibility index (Phi) is 7.49. The number of allylic oxidation sites excluding steroid dienone is 1. The molecule has 2 aromatic carbocycles. The first-order valence-electron chi connectivity index (χ1n) is 12.1. The molecule has 3 aromatic rings. The molecule has 5 nitrogen and oxygen atoms in total. The lowest BCUT2D eigenvalue weighted by Gasteiger charge is -2.26. The summed E-state index contributed by atoms with van der Waals surface area (Å²) < 4.78 is 1.83. The summed E-state index contributed by atoms with van der Waals surface area (Å²) in [5.74, 6) is -0.167. The van der Waals surface area contributed by atoms with Crippen LogP contribution >= 0.6 is 34.8 Å². The molecule has 1 aliphatic carbocycles. The Morgan fingerprint density at radius 3 is 2.34 bits per heavy atom. The lowest BCUT2D eigenvalue weighted by Crippen LogP contribution is -2.45. The third kappa shape index (κ3) is 5.44. The molecule has 0 atom stereocenters. The quantitative estimate of drug-likeness (QED) is 0.363. The van der Waals surface area contributed by atoms with Gasteiger partial charge >= 0.3 is 0 Å². The molecule has 8 heteroatoms. The molecule has 182 valence electrons. The van der Waals surface area contributed by atoms with Crippen LogP contribution < -0.4 is 5.43 Å². The molecule has 0 spiro atoms. The number of carbonyl (C=O) groups excluding carboxylic acids is 1. The van der Waals surface area contributed by atoms with E-state index in [1.807, 2.05) is 40.0 Å². The van der Waals surface area contributed by atoms with E-state index in [4.69, 9.17) is 39.9 Å². The third-order valence-corrected chi connectivity index (χ3v) is 7.38. The van der Waals surface area contributed by atoms with Gasteiger partial charge in [-0.1, -0.05) is 53.4 Å². The molecule has 1 N–H and O–H groups in total. The van der Waals surface area contributed by atoms with Crippen molar-refractivity contribution in [2.24, 2.45) is 0 Å². The number of rotatable bonds is 4. The normalized spacial score (nSPS) is 17.7. The number of amides is 1. The van der Waals surface area contributed by atoms with Gasteiger partial charge in [-0.25, -0.2) is 9.69 Å². The Morgan fingerprint density at radius 1 is 0.886 bits per heavy atom. The van der Waals surface area contributed by atoms with Crippen molar-refractivity contribution >= 4 is 52.4 Å². The van der Waals surface area contributed by atoms with Crippen molar-refractivity contribution in [2.45, 2.75) is 44.9 Å². The fourth-order valence-corrected chi connectivity index (χ4v) is 5.48. The van der Waals surface area contributed by atoms with Crippen LogP contribution in [0.2, 0.25) is 15.1 Å². The van der Waals surface area contributed by atoms with Gasteiger partial charge in [0.1, 0.15) is 0 Å². The summed E-state index contributed by atoms with van der Waals surface area (Å²) in [6.45, 7) is 1.72. The van der Waals surface area contributed by atoms with Gasteiger partial charge in [-0.15, -0.1) is 0 Å². The van der Waals surface area contributed by atoms with Crippen LogP contribution in [0.15, 0.2) is 42.5 Å². The monoisotopic (exact) mass is 528 g/mol. The van der Waals surface area contributed by atoms with Crippen molar-refractivity contribution in [3.8, 4) is 5.69 Å². The third-order valence-electron chi connectivity index (χ3n) is 6.59. The predicted molar refractivity (Wildman–Crippen MR) is 143 cm³/mol. The van der Waals surface area contributed by atoms with Crippen molar-refractivity contribution in [3.05, 3.63) is 80.0 Å². The van der Waals surface area contributed by atoms with Gasteiger partial charge in [0.2, 0.25) is 0 Å². The zero-order chi connectivity index (χ0) is 24.4. The predicted octanol–water partition coefficient (Wildman–Crippen LogP) is 7.23. The Morgan fingerprint density at radius 2 is 1.60 bits per heavy atom.